The second kappa shape index (κ2) is 5.77. The highest BCUT2D eigenvalue weighted by atomic mass is 16.5. The zero-order valence-corrected chi connectivity index (χ0v) is 9.61. The summed E-state index contributed by atoms with van der Waals surface area (Å²) in [5.74, 6) is 5.00. The lowest BCUT2D eigenvalue weighted by Crippen LogP contribution is -2.03. The molecule has 0 heterocycles. The van der Waals surface area contributed by atoms with Crippen LogP contribution in [0.5, 0.6) is 11.5 Å². The van der Waals surface area contributed by atoms with Crippen LogP contribution in [0.4, 0.5) is 0 Å². The molecule has 0 aromatic heterocycles. The van der Waals surface area contributed by atoms with Crippen molar-refractivity contribution in [3.8, 4) is 23.3 Å². The van der Waals surface area contributed by atoms with E-state index in [0.717, 1.165) is 0 Å². The maximum atomic E-state index is 11.1. The number of hydrogen-bond acceptors (Lipinski definition) is 4. The van der Waals surface area contributed by atoms with E-state index < -0.39 is 5.97 Å². The van der Waals surface area contributed by atoms with Gasteiger partial charge in [-0.1, -0.05) is 11.8 Å². The fourth-order valence-electron chi connectivity index (χ4n) is 1.31. The van der Waals surface area contributed by atoms with Crippen LogP contribution in [-0.2, 0) is 0 Å². The number of methoxy groups -OCH3 is 2. The number of rotatable bonds is 3. The van der Waals surface area contributed by atoms with Gasteiger partial charge in [0.1, 0.15) is 0 Å². The Morgan fingerprint density at radius 1 is 1.35 bits per heavy atom. The Kier molecular flexibility index (Phi) is 4.37. The van der Waals surface area contributed by atoms with Gasteiger partial charge in [0.25, 0.3) is 0 Å². The quantitative estimate of drug-likeness (QED) is 0.754. The van der Waals surface area contributed by atoms with E-state index in [-0.39, 0.29) is 12.1 Å². The minimum atomic E-state index is -1.08. The van der Waals surface area contributed by atoms with Gasteiger partial charge in [0.05, 0.1) is 26.3 Å². The minimum absolute atomic E-state index is 0.0589. The van der Waals surface area contributed by atoms with Crippen LogP contribution in [0.3, 0.4) is 0 Å². The summed E-state index contributed by atoms with van der Waals surface area (Å²) >= 11 is 0. The summed E-state index contributed by atoms with van der Waals surface area (Å²) in [4.78, 5) is 11.1. The molecule has 0 aliphatic rings. The highest BCUT2D eigenvalue weighted by molar-refractivity contribution is 5.91. The van der Waals surface area contributed by atoms with Crippen molar-refractivity contribution in [1.29, 1.82) is 0 Å². The third-order valence-electron chi connectivity index (χ3n) is 2.08. The molecule has 1 aromatic rings. The van der Waals surface area contributed by atoms with Gasteiger partial charge in [0.15, 0.2) is 11.5 Å². The SMILES string of the molecule is COc1cc(C#CCN)c(C(=O)O)cc1OC. The fourth-order valence-corrected chi connectivity index (χ4v) is 1.31. The van der Waals surface area contributed by atoms with Crippen molar-refractivity contribution in [2.24, 2.45) is 5.73 Å². The molecule has 0 amide bonds. The molecule has 5 nitrogen and oxygen atoms in total. The summed E-state index contributed by atoms with van der Waals surface area (Å²) in [6.07, 6.45) is 0. The molecule has 0 atom stereocenters. The predicted molar refractivity (Wildman–Crippen MR) is 62.4 cm³/mol. The van der Waals surface area contributed by atoms with Crippen molar-refractivity contribution in [1.82, 2.24) is 0 Å². The summed E-state index contributed by atoms with van der Waals surface area (Å²) < 4.78 is 10.1. The topological polar surface area (TPSA) is 81.8 Å². The van der Waals surface area contributed by atoms with Crippen LogP contribution in [0.1, 0.15) is 15.9 Å². The lowest BCUT2D eigenvalue weighted by Gasteiger charge is -2.09. The van der Waals surface area contributed by atoms with E-state index in [1.165, 1.54) is 26.4 Å². The smallest absolute Gasteiger partial charge is 0.337 e. The number of hydrogen-bond donors (Lipinski definition) is 2. The third-order valence-corrected chi connectivity index (χ3v) is 2.08. The Balaban J connectivity index is 3.40. The second-order valence-corrected chi connectivity index (χ2v) is 3.06. The van der Waals surface area contributed by atoms with E-state index in [4.69, 9.17) is 20.3 Å². The van der Waals surface area contributed by atoms with E-state index in [0.29, 0.717) is 17.1 Å². The Labute approximate surface area is 99.1 Å². The molecule has 0 spiro atoms. The van der Waals surface area contributed by atoms with E-state index in [9.17, 15) is 4.79 Å². The van der Waals surface area contributed by atoms with Gasteiger partial charge in [-0.05, 0) is 6.07 Å². The standard InChI is InChI=1S/C12H13NO4/c1-16-10-6-8(4-3-5-13)9(12(14)15)7-11(10)17-2/h6-7H,5,13H2,1-2H3,(H,14,15). The first kappa shape index (κ1) is 12.9. The van der Waals surface area contributed by atoms with Crippen LogP contribution in [-0.4, -0.2) is 31.8 Å². The van der Waals surface area contributed by atoms with Gasteiger partial charge in [-0.25, -0.2) is 4.79 Å². The van der Waals surface area contributed by atoms with Crippen molar-refractivity contribution >= 4 is 5.97 Å². The molecule has 3 N–H and O–H groups in total. The van der Waals surface area contributed by atoms with Crippen LogP contribution >= 0.6 is 0 Å². The number of benzene rings is 1. The molecule has 0 fully saturated rings. The second-order valence-electron chi connectivity index (χ2n) is 3.06. The van der Waals surface area contributed by atoms with Crippen LogP contribution in [0.2, 0.25) is 0 Å². The monoisotopic (exact) mass is 235 g/mol. The molecule has 0 aliphatic carbocycles. The molecule has 0 unspecified atom stereocenters. The number of carbonyl (C=O) groups is 1. The van der Waals surface area contributed by atoms with Gasteiger partial charge in [-0.3, -0.25) is 0 Å². The largest absolute Gasteiger partial charge is 0.493 e. The van der Waals surface area contributed by atoms with Crippen molar-refractivity contribution < 1.29 is 19.4 Å². The first-order valence-corrected chi connectivity index (χ1v) is 4.82. The molecule has 0 bridgehead atoms. The van der Waals surface area contributed by atoms with Gasteiger partial charge in [-0.2, -0.15) is 0 Å². The molecule has 0 saturated carbocycles. The van der Waals surface area contributed by atoms with Crippen molar-refractivity contribution in [3.63, 3.8) is 0 Å². The first-order valence-electron chi connectivity index (χ1n) is 4.82. The van der Waals surface area contributed by atoms with Gasteiger partial charge in [0, 0.05) is 11.6 Å². The lowest BCUT2D eigenvalue weighted by molar-refractivity contribution is 0.0696. The average Bonchev–Trinajstić information content (AvgIpc) is 2.34. The number of aromatic carboxylic acids is 1. The molecule has 17 heavy (non-hydrogen) atoms. The molecule has 0 radical (unpaired) electrons. The van der Waals surface area contributed by atoms with E-state index in [1.54, 1.807) is 0 Å². The molecular weight excluding hydrogens is 222 g/mol. The van der Waals surface area contributed by atoms with Gasteiger partial charge < -0.3 is 20.3 Å². The Morgan fingerprint density at radius 2 is 1.94 bits per heavy atom. The Hall–Kier alpha value is -2.19. The van der Waals surface area contributed by atoms with Gasteiger partial charge >= 0.3 is 5.97 Å². The molecule has 1 aromatic carbocycles. The summed E-state index contributed by atoms with van der Waals surface area (Å²) in [5.41, 5.74) is 5.66. The van der Waals surface area contributed by atoms with E-state index in [2.05, 4.69) is 11.8 Å². The van der Waals surface area contributed by atoms with E-state index in [1.807, 2.05) is 0 Å². The van der Waals surface area contributed by atoms with Crippen molar-refractivity contribution in [2.75, 3.05) is 20.8 Å². The predicted octanol–water partition coefficient (Wildman–Crippen LogP) is 0.712. The molecule has 0 aliphatic heterocycles. The summed E-state index contributed by atoms with van der Waals surface area (Å²) in [5, 5.41) is 9.05. The molecule has 1 rings (SSSR count). The van der Waals surface area contributed by atoms with Crippen molar-refractivity contribution in [2.45, 2.75) is 0 Å². The lowest BCUT2D eigenvalue weighted by atomic mass is 10.1. The minimum Gasteiger partial charge on any atom is -0.493 e. The Morgan fingerprint density at radius 3 is 2.41 bits per heavy atom. The maximum absolute atomic E-state index is 11.1. The average molecular weight is 235 g/mol. The number of nitrogens with two attached hydrogens (primary N) is 1. The zero-order valence-electron chi connectivity index (χ0n) is 9.61. The Bertz CT molecular complexity index is 485. The van der Waals surface area contributed by atoms with Crippen molar-refractivity contribution in [3.05, 3.63) is 23.3 Å². The summed E-state index contributed by atoms with van der Waals surface area (Å²) in [6.45, 7) is 0.160. The van der Waals surface area contributed by atoms with Gasteiger partial charge in [0.2, 0.25) is 0 Å². The molecule has 90 valence electrons. The summed E-state index contributed by atoms with van der Waals surface area (Å²) in [6, 6.07) is 2.90. The number of carboxylic acid groups (broad SMARTS) is 1. The normalized spacial score (nSPS) is 9.12. The van der Waals surface area contributed by atoms with Crippen LogP contribution in [0.25, 0.3) is 0 Å². The number of ether oxygens (including phenoxy) is 2. The first-order chi connectivity index (χ1) is 8.13. The number of carboxylic acids is 1. The highest BCUT2D eigenvalue weighted by Crippen LogP contribution is 2.30. The molecule has 5 heteroatoms. The van der Waals surface area contributed by atoms with E-state index >= 15 is 0 Å². The van der Waals surface area contributed by atoms with Gasteiger partial charge in [-0.15, -0.1) is 0 Å². The summed E-state index contributed by atoms with van der Waals surface area (Å²) in [7, 11) is 2.91. The van der Waals surface area contributed by atoms with Crippen LogP contribution < -0.4 is 15.2 Å². The fraction of sp³-hybridized carbons (Fsp3) is 0.250. The van der Waals surface area contributed by atoms with Crippen LogP contribution in [0, 0.1) is 11.8 Å². The molecular formula is C12H13NO4. The maximum Gasteiger partial charge on any atom is 0.337 e. The van der Waals surface area contributed by atoms with Crippen LogP contribution in [0.15, 0.2) is 12.1 Å². The third kappa shape index (κ3) is 2.89. The highest BCUT2D eigenvalue weighted by Gasteiger charge is 2.14. The zero-order chi connectivity index (χ0) is 12.8. The molecule has 0 saturated heterocycles.